The van der Waals surface area contributed by atoms with Crippen molar-refractivity contribution in [3.63, 3.8) is 0 Å². The molecule has 0 aromatic rings. The number of amides is 2. The summed E-state index contributed by atoms with van der Waals surface area (Å²) in [6.45, 7) is 12.5. The Morgan fingerprint density at radius 3 is 1.49 bits per heavy atom. The number of halogens is 2. The number of likely N-dealkylation sites (N-methyl/N-ethyl adjacent to an activating group) is 2. The maximum Gasteiger partial charge on any atom is 0.330 e. The second-order valence-electron chi connectivity index (χ2n) is 9.82. The van der Waals surface area contributed by atoms with Crippen LogP contribution in [-0.2, 0) is 28.7 Å². The number of quaternary nitrogens is 2. The van der Waals surface area contributed by atoms with Gasteiger partial charge >= 0.3 is 11.9 Å². The van der Waals surface area contributed by atoms with Crippen LogP contribution in [0.25, 0.3) is 0 Å². The highest BCUT2D eigenvalue weighted by atomic mass is 35.5. The predicted molar refractivity (Wildman–Crippen MR) is 141 cm³/mol. The average Bonchev–Trinajstić information content (AvgIpc) is 2.70. The zero-order valence-corrected chi connectivity index (χ0v) is 24.7. The van der Waals surface area contributed by atoms with Crippen LogP contribution in [0.5, 0.6) is 0 Å². The zero-order valence-electron chi connectivity index (χ0n) is 23.2. The number of primary amides is 2. The lowest BCUT2D eigenvalue weighted by molar-refractivity contribution is -0.870. The molecule has 10 nitrogen and oxygen atoms in total. The van der Waals surface area contributed by atoms with E-state index in [9.17, 15) is 19.2 Å². The molecule has 0 aliphatic heterocycles. The van der Waals surface area contributed by atoms with Gasteiger partial charge in [0, 0.05) is 12.0 Å². The molecule has 2 atom stereocenters. The molecule has 0 bridgehead atoms. The van der Waals surface area contributed by atoms with E-state index in [1.807, 2.05) is 49.2 Å². The molecule has 0 aliphatic rings. The van der Waals surface area contributed by atoms with Gasteiger partial charge in [-0.1, -0.05) is 34.4 Å². The van der Waals surface area contributed by atoms with E-state index in [0.29, 0.717) is 26.1 Å². The maximum absolute atomic E-state index is 11.7. The minimum absolute atomic E-state index is 0. The number of hydrogen-bond acceptors (Lipinski definition) is 6. The van der Waals surface area contributed by atoms with Gasteiger partial charge in [0.1, 0.15) is 26.3 Å². The van der Waals surface area contributed by atoms with E-state index < -0.39 is 5.91 Å². The number of ether oxygens (including phenoxy) is 2. The van der Waals surface area contributed by atoms with Crippen molar-refractivity contribution in [3.8, 4) is 0 Å². The fraction of sp³-hybridized carbons (Fsp3) is 0.680. The molecular weight excluding hydrogens is 523 g/mol. The third-order valence-electron chi connectivity index (χ3n) is 4.32. The van der Waals surface area contributed by atoms with E-state index >= 15 is 0 Å². The summed E-state index contributed by atoms with van der Waals surface area (Å²) in [5, 5.41) is 0. The lowest BCUT2D eigenvalue weighted by Crippen LogP contribution is -3.00. The van der Waals surface area contributed by atoms with Crippen molar-refractivity contribution >= 4 is 23.8 Å². The number of carbonyl (C=O) groups is 4. The van der Waals surface area contributed by atoms with Crippen LogP contribution >= 0.6 is 0 Å². The molecule has 2 amide bonds. The van der Waals surface area contributed by atoms with Gasteiger partial charge in [-0.2, -0.15) is 0 Å². The van der Waals surface area contributed by atoms with E-state index in [4.69, 9.17) is 15.2 Å². The summed E-state index contributed by atoms with van der Waals surface area (Å²) < 4.78 is 11.5. The summed E-state index contributed by atoms with van der Waals surface area (Å²) >= 11 is 0. The van der Waals surface area contributed by atoms with Crippen LogP contribution in [0, 0.1) is 11.8 Å². The third kappa shape index (κ3) is 38.5. The SMILES string of the molecule is C.C=CC(=O)OCC[N+](C)(C)C.C=CC(N)=O.CCC(CC(C)C(=O)OCC[N+](C)(C)C)C(N)=O.[Cl-].[Cl-]. The Morgan fingerprint density at radius 2 is 1.22 bits per heavy atom. The van der Waals surface area contributed by atoms with E-state index in [-0.39, 0.29) is 61.9 Å². The van der Waals surface area contributed by atoms with Crippen molar-refractivity contribution < 1.29 is 62.4 Å². The molecule has 0 aromatic carbocycles. The number of nitrogens with two attached hydrogens (primary N) is 2. The smallest absolute Gasteiger partial charge is 0.330 e. The first-order valence-corrected chi connectivity index (χ1v) is 11.2. The van der Waals surface area contributed by atoms with Gasteiger partial charge in [0.15, 0.2) is 0 Å². The molecule has 0 fully saturated rings. The molecule has 4 N–H and O–H groups in total. The zero-order chi connectivity index (χ0) is 27.5. The Balaban J connectivity index is -0.000000109. The van der Waals surface area contributed by atoms with Crippen LogP contribution in [0.15, 0.2) is 25.3 Å². The molecular formula is C25H52Cl2N4O6. The van der Waals surface area contributed by atoms with E-state index in [1.165, 1.54) is 6.08 Å². The van der Waals surface area contributed by atoms with Crippen LogP contribution in [0.1, 0.15) is 34.1 Å². The second kappa shape index (κ2) is 25.5. The predicted octanol–water partition coefficient (Wildman–Crippen LogP) is -4.50. The molecule has 0 radical (unpaired) electrons. The van der Waals surface area contributed by atoms with E-state index in [2.05, 4.69) is 18.9 Å². The minimum Gasteiger partial charge on any atom is -1.00 e. The molecule has 0 aliphatic carbocycles. The minimum atomic E-state index is -0.481. The molecule has 37 heavy (non-hydrogen) atoms. The highest BCUT2D eigenvalue weighted by Crippen LogP contribution is 2.16. The van der Waals surface area contributed by atoms with Gasteiger partial charge in [-0.15, -0.1) is 0 Å². The Labute approximate surface area is 237 Å². The van der Waals surface area contributed by atoms with Crippen LogP contribution in [0.3, 0.4) is 0 Å². The molecule has 0 aromatic heterocycles. The highest BCUT2D eigenvalue weighted by Gasteiger charge is 2.23. The fourth-order valence-corrected chi connectivity index (χ4v) is 2.05. The Morgan fingerprint density at radius 1 is 0.838 bits per heavy atom. The Kier molecular flexibility index (Phi) is 33.1. The number of nitrogens with zero attached hydrogens (tertiary/aromatic N) is 2. The van der Waals surface area contributed by atoms with Gasteiger partial charge in [0.05, 0.1) is 48.2 Å². The normalized spacial score (nSPS) is 11.4. The molecule has 0 spiro atoms. The van der Waals surface area contributed by atoms with Gasteiger partial charge in [-0.05, 0) is 18.9 Å². The van der Waals surface area contributed by atoms with Crippen molar-refractivity contribution in [3.05, 3.63) is 25.3 Å². The summed E-state index contributed by atoms with van der Waals surface area (Å²) in [5.41, 5.74) is 9.79. The quantitative estimate of drug-likeness (QED) is 0.129. The van der Waals surface area contributed by atoms with E-state index in [0.717, 1.165) is 28.1 Å². The summed E-state index contributed by atoms with van der Waals surface area (Å²) in [6, 6.07) is 0. The fourth-order valence-electron chi connectivity index (χ4n) is 2.05. The number of carbonyl (C=O) groups excluding carboxylic acids is 4. The average molecular weight is 576 g/mol. The molecule has 2 unspecified atom stereocenters. The summed E-state index contributed by atoms with van der Waals surface area (Å²) in [4.78, 5) is 42.8. The van der Waals surface area contributed by atoms with Gasteiger partial charge in [-0.3, -0.25) is 14.4 Å². The molecule has 12 heteroatoms. The molecule has 0 heterocycles. The standard InChI is InChI=1S/C13H26N2O3.C8H16NO2.C3H5NO.CH4.2ClH/c1-6-11(12(14)16)9-10(2)13(17)18-8-7-15(3,4)5;1-5-8(10)11-7-6-9(2,3)4;1-2-3(4)5;;;/h10-11H,6-9H2,1-5H3,(H-,14,16);5H,1,6-7H2,2-4H3;2H,1H2,(H2,4,5);1H4;2*1H/q;+1;;;;/p-1. The topological polar surface area (TPSA) is 139 Å². The first kappa shape index (κ1) is 48.0. The van der Waals surface area contributed by atoms with Crippen LogP contribution < -0.4 is 36.3 Å². The molecule has 222 valence electrons. The van der Waals surface area contributed by atoms with Gasteiger partial charge < -0.3 is 54.7 Å². The van der Waals surface area contributed by atoms with Gasteiger partial charge in [-0.25, -0.2) is 4.79 Å². The van der Waals surface area contributed by atoms with Crippen molar-refractivity contribution in [2.45, 2.75) is 34.1 Å². The number of rotatable bonds is 13. The van der Waals surface area contributed by atoms with E-state index in [1.54, 1.807) is 6.92 Å². The summed E-state index contributed by atoms with van der Waals surface area (Å²) in [6.07, 6.45) is 3.36. The van der Waals surface area contributed by atoms with Gasteiger partial charge in [0.2, 0.25) is 11.8 Å². The lowest BCUT2D eigenvalue weighted by Gasteiger charge is -2.24. The second-order valence-corrected chi connectivity index (χ2v) is 9.82. The molecule has 0 saturated heterocycles. The largest absolute Gasteiger partial charge is 1.00 e. The highest BCUT2D eigenvalue weighted by molar-refractivity contribution is 5.85. The van der Waals surface area contributed by atoms with Crippen molar-refractivity contribution in [2.75, 3.05) is 68.6 Å². The van der Waals surface area contributed by atoms with Crippen LogP contribution in [-0.4, -0.2) is 101 Å². The number of hydrogen-bond donors (Lipinski definition) is 2. The van der Waals surface area contributed by atoms with Crippen LogP contribution in [0.4, 0.5) is 0 Å². The maximum atomic E-state index is 11.7. The first-order valence-electron chi connectivity index (χ1n) is 11.2. The Bertz CT molecular complexity index is 663. The summed E-state index contributed by atoms with van der Waals surface area (Å²) in [5.74, 6) is -1.95. The Hall–Kier alpha value is -2.14. The first-order chi connectivity index (χ1) is 15.4. The number of esters is 2. The van der Waals surface area contributed by atoms with Gasteiger partial charge in [0.25, 0.3) is 0 Å². The lowest BCUT2D eigenvalue weighted by atomic mass is 9.93. The monoisotopic (exact) mass is 574 g/mol. The van der Waals surface area contributed by atoms with Crippen molar-refractivity contribution in [1.29, 1.82) is 0 Å². The van der Waals surface area contributed by atoms with Crippen LogP contribution in [0.2, 0.25) is 0 Å². The van der Waals surface area contributed by atoms with Crippen molar-refractivity contribution in [1.82, 2.24) is 0 Å². The molecule has 0 saturated carbocycles. The third-order valence-corrected chi connectivity index (χ3v) is 4.32. The molecule has 0 rings (SSSR count). The summed E-state index contributed by atoms with van der Waals surface area (Å²) in [7, 11) is 12.2. The van der Waals surface area contributed by atoms with Crippen molar-refractivity contribution in [2.24, 2.45) is 23.3 Å².